The molecule has 112 valence electrons. The van der Waals surface area contributed by atoms with Crippen molar-refractivity contribution >= 4 is 0 Å². The molecule has 1 N–H and O–H groups in total. The van der Waals surface area contributed by atoms with E-state index in [0.29, 0.717) is 6.04 Å². The molecular weight excluding hydrogens is 244 g/mol. The van der Waals surface area contributed by atoms with Gasteiger partial charge in [-0.1, -0.05) is 0 Å². The number of ether oxygens (including phenoxy) is 2. The number of nitrogens with zero attached hydrogens (tertiary/aromatic N) is 2. The van der Waals surface area contributed by atoms with Crippen LogP contribution in [0.15, 0.2) is 0 Å². The van der Waals surface area contributed by atoms with Gasteiger partial charge in [-0.3, -0.25) is 9.80 Å². The summed E-state index contributed by atoms with van der Waals surface area (Å²) in [7, 11) is 2.13. The highest BCUT2D eigenvalue weighted by Gasteiger charge is 2.36. The van der Waals surface area contributed by atoms with Crippen LogP contribution in [0.3, 0.4) is 0 Å². The van der Waals surface area contributed by atoms with Crippen LogP contribution in [-0.2, 0) is 9.47 Å². The molecule has 19 heavy (non-hydrogen) atoms. The lowest BCUT2D eigenvalue weighted by atomic mass is 9.89. The largest absolute Gasteiger partial charge is 0.394 e. The molecule has 0 amide bonds. The first-order chi connectivity index (χ1) is 9.18. The van der Waals surface area contributed by atoms with Crippen LogP contribution in [-0.4, -0.2) is 86.2 Å². The third kappa shape index (κ3) is 3.67. The smallest absolute Gasteiger partial charge is 0.0619 e. The summed E-state index contributed by atoms with van der Waals surface area (Å²) in [6, 6.07) is 0.502. The fourth-order valence-corrected chi connectivity index (χ4v) is 3.02. The summed E-state index contributed by atoms with van der Waals surface area (Å²) in [6.07, 6.45) is 1.86. The highest BCUT2D eigenvalue weighted by Crippen LogP contribution is 2.26. The average molecular weight is 272 g/mol. The molecule has 0 aliphatic carbocycles. The molecule has 0 unspecified atom stereocenters. The van der Waals surface area contributed by atoms with Gasteiger partial charge in [-0.2, -0.15) is 0 Å². The van der Waals surface area contributed by atoms with Gasteiger partial charge in [0.2, 0.25) is 0 Å². The van der Waals surface area contributed by atoms with Crippen molar-refractivity contribution in [3.8, 4) is 0 Å². The Balaban J connectivity index is 1.83. The summed E-state index contributed by atoms with van der Waals surface area (Å²) >= 11 is 0. The Morgan fingerprint density at radius 1 is 1.26 bits per heavy atom. The van der Waals surface area contributed by atoms with Crippen molar-refractivity contribution in [2.75, 3.05) is 59.7 Å². The minimum absolute atomic E-state index is 0.0756. The maximum Gasteiger partial charge on any atom is 0.0619 e. The minimum Gasteiger partial charge on any atom is -0.394 e. The third-order valence-electron chi connectivity index (χ3n) is 4.76. The van der Waals surface area contributed by atoms with E-state index in [2.05, 4.69) is 23.8 Å². The van der Waals surface area contributed by atoms with Crippen LogP contribution in [0.1, 0.15) is 19.8 Å². The highest BCUT2D eigenvalue weighted by molar-refractivity contribution is 4.91. The van der Waals surface area contributed by atoms with Crippen molar-refractivity contribution in [2.45, 2.75) is 31.3 Å². The number of likely N-dealkylation sites (N-methyl/N-ethyl adjacent to an activating group) is 1. The van der Waals surface area contributed by atoms with Gasteiger partial charge >= 0.3 is 0 Å². The molecule has 2 fully saturated rings. The van der Waals surface area contributed by atoms with Gasteiger partial charge in [0.1, 0.15) is 0 Å². The summed E-state index contributed by atoms with van der Waals surface area (Å²) in [5, 5.41) is 9.77. The molecule has 5 nitrogen and oxygen atoms in total. The molecule has 2 rings (SSSR count). The average Bonchev–Trinajstić information content (AvgIpc) is 2.46. The molecule has 1 atom stereocenters. The van der Waals surface area contributed by atoms with Gasteiger partial charge in [0.15, 0.2) is 0 Å². The van der Waals surface area contributed by atoms with E-state index in [4.69, 9.17) is 9.47 Å². The normalized spacial score (nSPS) is 28.7. The van der Waals surface area contributed by atoms with Crippen LogP contribution in [0.4, 0.5) is 0 Å². The standard InChI is InChI=1S/C14H28N2O3/c1-13-11-19-10-7-16(13)6-5-15(2)14(12-17)3-8-18-9-4-14/h13,17H,3-12H2,1-2H3/t13-/m1/s1. The second-order valence-electron chi connectivity index (χ2n) is 5.88. The fraction of sp³-hybridized carbons (Fsp3) is 1.00. The predicted octanol–water partition coefficient (Wildman–Crippen LogP) is 0.180. The van der Waals surface area contributed by atoms with Crippen LogP contribution in [0, 0.1) is 0 Å². The van der Waals surface area contributed by atoms with E-state index in [-0.39, 0.29) is 12.1 Å². The van der Waals surface area contributed by atoms with Crippen molar-refractivity contribution in [3.05, 3.63) is 0 Å². The zero-order valence-corrected chi connectivity index (χ0v) is 12.3. The lowest BCUT2D eigenvalue weighted by Gasteiger charge is -2.44. The fourth-order valence-electron chi connectivity index (χ4n) is 3.02. The number of hydrogen-bond acceptors (Lipinski definition) is 5. The first kappa shape index (κ1) is 15.2. The first-order valence-corrected chi connectivity index (χ1v) is 7.39. The van der Waals surface area contributed by atoms with Gasteiger partial charge in [-0.15, -0.1) is 0 Å². The van der Waals surface area contributed by atoms with Crippen LogP contribution >= 0.6 is 0 Å². The van der Waals surface area contributed by atoms with Crippen LogP contribution in [0.5, 0.6) is 0 Å². The van der Waals surface area contributed by atoms with Gasteiger partial charge in [0.25, 0.3) is 0 Å². The Morgan fingerprint density at radius 3 is 2.63 bits per heavy atom. The molecule has 0 radical (unpaired) electrons. The van der Waals surface area contributed by atoms with Crippen LogP contribution in [0.25, 0.3) is 0 Å². The lowest BCUT2D eigenvalue weighted by molar-refractivity contribution is -0.0551. The number of aliphatic hydroxyl groups is 1. The maximum atomic E-state index is 9.77. The Morgan fingerprint density at radius 2 is 2.00 bits per heavy atom. The van der Waals surface area contributed by atoms with E-state index in [1.165, 1.54) is 0 Å². The zero-order valence-electron chi connectivity index (χ0n) is 12.3. The Bertz CT molecular complexity index is 269. The molecule has 0 aromatic rings. The molecule has 0 spiro atoms. The molecule has 2 aliphatic rings. The second-order valence-corrected chi connectivity index (χ2v) is 5.88. The summed E-state index contributed by atoms with van der Waals surface area (Å²) in [5.41, 5.74) is -0.0756. The molecule has 0 bridgehead atoms. The quantitative estimate of drug-likeness (QED) is 0.773. The van der Waals surface area contributed by atoms with Gasteiger partial charge in [-0.25, -0.2) is 0 Å². The van der Waals surface area contributed by atoms with Crippen molar-refractivity contribution in [1.82, 2.24) is 9.80 Å². The topological polar surface area (TPSA) is 45.2 Å². The number of aliphatic hydroxyl groups excluding tert-OH is 1. The molecule has 2 saturated heterocycles. The van der Waals surface area contributed by atoms with Crippen molar-refractivity contribution in [2.24, 2.45) is 0 Å². The number of morpholine rings is 1. The number of rotatable bonds is 5. The SMILES string of the molecule is C[C@@H]1COCCN1CCN(C)C1(CO)CCOCC1. The second kappa shape index (κ2) is 6.99. The minimum atomic E-state index is -0.0756. The van der Waals surface area contributed by atoms with Crippen molar-refractivity contribution in [3.63, 3.8) is 0 Å². The van der Waals surface area contributed by atoms with E-state index < -0.39 is 0 Å². The van der Waals surface area contributed by atoms with E-state index in [9.17, 15) is 5.11 Å². The highest BCUT2D eigenvalue weighted by atomic mass is 16.5. The van der Waals surface area contributed by atoms with E-state index in [1.54, 1.807) is 0 Å². The van der Waals surface area contributed by atoms with Crippen LogP contribution in [0.2, 0.25) is 0 Å². The van der Waals surface area contributed by atoms with E-state index in [0.717, 1.165) is 58.9 Å². The van der Waals surface area contributed by atoms with Crippen LogP contribution < -0.4 is 0 Å². The molecular formula is C14H28N2O3. The predicted molar refractivity (Wildman–Crippen MR) is 74.4 cm³/mol. The van der Waals surface area contributed by atoms with Crippen molar-refractivity contribution in [1.29, 1.82) is 0 Å². The van der Waals surface area contributed by atoms with Crippen molar-refractivity contribution < 1.29 is 14.6 Å². The Hall–Kier alpha value is -0.200. The van der Waals surface area contributed by atoms with E-state index in [1.807, 2.05) is 0 Å². The molecule has 0 saturated carbocycles. The number of hydrogen-bond donors (Lipinski definition) is 1. The third-order valence-corrected chi connectivity index (χ3v) is 4.76. The van der Waals surface area contributed by atoms with E-state index >= 15 is 0 Å². The summed E-state index contributed by atoms with van der Waals surface area (Å²) in [4.78, 5) is 4.81. The first-order valence-electron chi connectivity index (χ1n) is 7.39. The molecule has 5 heteroatoms. The Labute approximate surface area is 116 Å². The van der Waals surface area contributed by atoms with Gasteiger partial charge in [0.05, 0.1) is 19.8 Å². The van der Waals surface area contributed by atoms with Gasteiger partial charge in [-0.05, 0) is 26.8 Å². The molecule has 2 heterocycles. The molecule has 0 aromatic heterocycles. The maximum absolute atomic E-state index is 9.77. The van der Waals surface area contributed by atoms with Gasteiger partial charge in [0, 0.05) is 44.4 Å². The Kier molecular flexibility index (Phi) is 5.59. The monoisotopic (exact) mass is 272 g/mol. The zero-order chi connectivity index (χ0) is 13.7. The summed E-state index contributed by atoms with van der Waals surface area (Å²) in [5.74, 6) is 0. The molecule has 0 aromatic carbocycles. The lowest BCUT2D eigenvalue weighted by Crippen LogP contribution is -2.56. The molecule has 2 aliphatic heterocycles. The van der Waals surface area contributed by atoms with Gasteiger partial charge < -0.3 is 14.6 Å². The summed E-state index contributed by atoms with van der Waals surface area (Å²) in [6.45, 7) is 8.70. The summed E-state index contributed by atoms with van der Waals surface area (Å²) < 4.78 is 10.9.